The molecule has 19 heavy (non-hydrogen) atoms. The van der Waals surface area contributed by atoms with E-state index in [0.29, 0.717) is 5.69 Å². The van der Waals surface area contributed by atoms with Crippen molar-refractivity contribution in [2.24, 2.45) is 0 Å². The second-order valence-corrected chi connectivity index (χ2v) is 5.35. The SMILES string of the molecule is Cc1cc(C)c(NC(=O)N(C)C(C)C(=O)O)c(Br)c1. The minimum absolute atomic E-state index is 0.456. The molecule has 2 amide bonds. The van der Waals surface area contributed by atoms with Crippen LogP contribution in [0.15, 0.2) is 16.6 Å². The monoisotopic (exact) mass is 328 g/mol. The van der Waals surface area contributed by atoms with Crippen LogP contribution in [0.4, 0.5) is 10.5 Å². The lowest BCUT2D eigenvalue weighted by Crippen LogP contribution is -2.42. The number of benzene rings is 1. The van der Waals surface area contributed by atoms with Crippen molar-refractivity contribution >= 4 is 33.6 Å². The van der Waals surface area contributed by atoms with E-state index in [4.69, 9.17) is 5.11 Å². The topological polar surface area (TPSA) is 69.6 Å². The summed E-state index contributed by atoms with van der Waals surface area (Å²) < 4.78 is 0.773. The van der Waals surface area contributed by atoms with Crippen LogP contribution in [0, 0.1) is 13.8 Å². The lowest BCUT2D eigenvalue weighted by molar-refractivity contribution is -0.141. The smallest absolute Gasteiger partial charge is 0.326 e. The Bertz CT molecular complexity index is 494. The third-order valence-electron chi connectivity index (χ3n) is 2.92. The van der Waals surface area contributed by atoms with Crippen LogP contribution in [0.25, 0.3) is 0 Å². The number of anilines is 1. The standard InChI is InChI=1S/C13H17BrN2O3/c1-7-5-8(2)11(10(14)6-7)15-13(19)16(4)9(3)12(17)18/h5-6,9H,1-4H3,(H,15,19)(H,17,18). The number of rotatable bonds is 3. The third-order valence-corrected chi connectivity index (χ3v) is 3.55. The highest BCUT2D eigenvalue weighted by molar-refractivity contribution is 9.10. The van der Waals surface area contributed by atoms with Crippen LogP contribution in [0.2, 0.25) is 0 Å². The summed E-state index contributed by atoms with van der Waals surface area (Å²) in [4.78, 5) is 24.0. The minimum atomic E-state index is -1.04. The molecule has 1 aromatic rings. The first-order valence-electron chi connectivity index (χ1n) is 5.77. The van der Waals surface area contributed by atoms with Gasteiger partial charge in [0.05, 0.1) is 5.69 Å². The molecule has 1 unspecified atom stereocenters. The second-order valence-electron chi connectivity index (χ2n) is 4.49. The van der Waals surface area contributed by atoms with Gasteiger partial charge in [-0.2, -0.15) is 0 Å². The molecule has 0 aliphatic rings. The normalized spacial score (nSPS) is 11.8. The average molecular weight is 329 g/mol. The Morgan fingerprint density at radius 3 is 2.42 bits per heavy atom. The molecule has 0 saturated heterocycles. The van der Waals surface area contributed by atoms with E-state index in [2.05, 4.69) is 21.2 Å². The van der Waals surface area contributed by atoms with E-state index < -0.39 is 18.0 Å². The van der Waals surface area contributed by atoms with Crippen LogP contribution in [0.1, 0.15) is 18.1 Å². The number of carboxylic acids is 1. The Morgan fingerprint density at radius 2 is 1.95 bits per heavy atom. The van der Waals surface area contributed by atoms with Crippen LogP contribution in [0.5, 0.6) is 0 Å². The van der Waals surface area contributed by atoms with Gasteiger partial charge in [0, 0.05) is 11.5 Å². The molecule has 1 atom stereocenters. The quantitative estimate of drug-likeness (QED) is 0.896. The average Bonchev–Trinajstić information content (AvgIpc) is 2.31. The van der Waals surface area contributed by atoms with Crippen molar-refractivity contribution in [3.63, 3.8) is 0 Å². The van der Waals surface area contributed by atoms with Gasteiger partial charge in [-0.05, 0) is 53.9 Å². The molecule has 6 heteroatoms. The molecule has 0 bridgehead atoms. The van der Waals surface area contributed by atoms with E-state index >= 15 is 0 Å². The van der Waals surface area contributed by atoms with Crippen molar-refractivity contribution < 1.29 is 14.7 Å². The van der Waals surface area contributed by atoms with Gasteiger partial charge in [0.25, 0.3) is 0 Å². The van der Waals surface area contributed by atoms with E-state index in [-0.39, 0.29) is 0 Å². The Labute approximate surface area is 120 Å². The van der Waals surface area contributed by atoms with Crippen LogP contribution in [-0.4, -0.2) is 35.1 Å². The molecule has 5 nitrogen and oxygen atoms in total. The van der Waals surface area contributed by atoms with Gasteiger partial charge in [-0.25, -0.2) is 9.59 Å². The Hall–Kier alpha value is -1.56. The van der Waals surface area contributed by atoms with Gasteiger partial charge in [0.15, 0.2) is 0 Å². The molecular formula is C13H17BrN2O3. The van der Waals surface area contributed by atoms with Gasteiger partial charge in [0.2, 0.25) is 0 Å². The number of hydrogen-bond donors (Lipinski definition) is 2. The highest BCUT2D eigenvalue weighted by Crippen LogP contribution is 2.28. The highest BCUT2D eigenvalue weighted by atomic mass is 79.9. The zero-order chi connectivity index (χ0) is 14.7. The Kier molecular flexibility index (Phi) is 4.94. The maximum atomic E-state index is 12.0. The van der Waals surface area contributed by atoms with Crippen molar-refractivity contribution in [2.45, 2.75) is 26.8 Å². The summed E-state index contributed by atoms with van der Waals surface area (Å²) in [5.41, 5.74) is 2.64. The van der Waals surface area contributed by atoms with Crippen LogP contribution < -0.4 is 5.32 Å². The molecule has 0 spiro atoms. The molecule has 1 aromatic carbocycles. The summed E-state index contributed by atoms with van der Waals surface area (Å²) in [7, 11) is 1.45. The number of urea groups is 1. The van der Waals surface area contributed by atoms with Crippen LogP contribution in [-0.2, 0) is 4.79 Å². The number of hydrogen-bond acceptors (Lipinski definition) is 2. The molecule has 104 valence electrons. The number of aryl methyl sites for hydroxylation is 2. The molecule has 0 radical (unpaired) electrons. The number of aliphatic carboxylic acids is 1. The van der Waals surface area contributed by atoms with Crippen molar-refractivity contribution in [3.05, 3.63) is 27.7 Å². The number of carbonyl (C=O) groups excluding carboxylic acids is 1. The summed E-state index contributed by atoms with van der Waals surface area (Å²) in [5.74, 6) is -1.04. The first kappa shape index (κ1) is 15.5. The van der Waals surface area contributed by atoms with Gasteiger partial charge >= 0.3 is 12.0 Å². The maximum Gasteiger partial charge on any atom is 0.326 e. The summed E-state index contributed by atoms with van der Waals surface area (Å²) in [6.45, 7) is 5.30. The van der Waals surface area contributed by atoms with E-state index in [1.165, 1.54) is 14.0 Å². The van der Waals surface area contributed by atoms with Crippen LogP contribution in [0.3, 0.4) is 0 Å². The Morgan fingerprint density at radius 1 is 1.37 bits per heavy atom. The van der Waals surface area contributed by atoms with Crippen LogP contribution >= 0.6 is 15.9 Å². The zero-order valence-electron chi connectivity index (χ0n) is 11.3. The maximum absolute atomic E-state index is 12.0. The molecular weight excluding hydrogens is 312 g/mol. The zero-order valence-corrected chi connectivity index (χ0v) is 12.9. The summed E-state index contributed by atoms with van der Waals surface area (Å²) in [5, 5.41) is 11.6. The molecule has 0 heterocycles. The summed E-state index contributed by atoms with van der Waals surface area (Å²) in [6.07, 6.45) is 0. The minimum Gasteiger partial charge on any atom is -0.480 e. The molecule has 0 aliphatic heterocycles. The van der Waals surface area contributed by atoms with E-state index in [9.17, 15) is 9.59 Å². The van der Waals surface area contributed by atoms with Gasteiger partial charge < -0.3 is 15.3 Å². The van der Waals surface area contributed by atoms with E-state index in [1.807, 2.05) is 26.0 Å². The highest BCUT2D eigenvalue weighted by Gasteiger charge is 2.22. The van der Waals surface area contributed by atoms with Gasteiger partial charge in [-0.1, -0.05) is 6.07 Å². The molecule has 2 N–H and O–H groups in total. The molecule has 0 aliphatic carbocycles. The number of likely N-dealkylation sites (N-methyl/N-ethyl adjacent to an activating group) is 1. The number of carbonyl (C=O) groups is 2. The van der Waals surface area contributed by atoms with Gasteiger partial charge in [0.1, 0.15) is 6.04 Å². The Balaban J connectivity index is 2.92. The van der Waals surface area contributed by atoms with E-state index in [1.54, 1.807) is 0 Å². The van der Waals surface area contributed by atoms with E-state index in [0.717, 1.165) is 20.5 Å². The molecule has 1 rings (SSSR count). The first-order valence-corrected chi connectivity index (χ1v) is 6.56. The summed E-state index contributed by atoms with van der Waals surface area (Å²) >= 11 is 3.39. The van der Waals surface area contributed by atoms with Crippen molar-refractivity contribution in [1.29, 1.82) is 0 Å². The fraction of sp³-hybridized carbons (Fsp3) is 0.385. The van der Waals surface area contributed by atoms with Crippen molar-refractivity contribution in [1.82, 2.24) is 4.90 Å². The van der Waals surface area contributed by atoms with Gasteiger partial charge in [-0.15, -0.1) is 0 Å². The molecule has 0 saturated carbocycles. The fourth-order valence-electron chi connectivity index (χ4n) is 1.61. The number of halogens is 1. The number of nitrogens with one attached hydrogen (secondary N) is 1. The number of carboxylic acid groups (broad SMARTS) is 1. The first-order chi connectivity index (χ1) is 8.73. The fourth-order valence-corrected chi connectivity index (χ4v) is 2.38. The summed E-state index contributed by atoms with van der Waals surface area (Å²) in [6, 6.07) is 2.50. The van der Waals surface area contributed by atoms with Crippen molar-refractivity contribution in [2.75, 3.05) is 12.4 Å². The largest absolute Gasteiger partial charge is 0.480 e. The predicted molar refractivity (Wildman–Crippen MR) is 77.5 cm³/mol. The predicted octanol–water partition coefficient (Wildman–Crippen LogP) is 3.00. The molecule has 0 fully saturated rings. The second kappa shape index (κ2) is 6.06. The number of amides is 2. The lowest BCUT2D eigenvalue weighted by Gasteiger charge is -2.23. The molecule has 0 aromatic heterocycles. The lowest BCUT2D eigenvalue weighted by atomic mass is 10.1. The van der Waals surface area contributed by atoms with Gasteiger partial charge in [-0.3, -0.25) is 0 Å². The van der Waals surface area contributed by atoms with Crippen molar-refractivity contribution in [3.8, 4) is 0 Å². The third kappa shape index (κ3) is 3.70. The number of nitrogens with zero attached hydrogens (tertiary/aromatic N) is 1.